The molecule has 1 aliphatic carbocycles. The van der Waals surface area contributed by atoms with Crippen LogP contribution in [0.2, 0.25) is 10.0 Å². The Morgan fingerprint density at radius 3 is 2.47 bits per heavy atom. The quantitative estimate of drug-likeness (QED) is 0.667. The van der Waals surface area contributed by atoms with Gasteiger partial charge in [0, 0.05) is 41.5 Å². The Hall–Kier alpha value is -1.52. The van der Waals surface area contributed by atoms with E-state index in [0.29, 0.717) is 28.8 Å². The minimum absolute atomic E-state index is 0.148. The highest BCUT2D eigenvalue weighted by molar-refractivity contribution is 7.90. The first kappa shape index (κ1) is 23.6. The summed E-state index contributed by atoms with van der Waals surface area (Å²) in [6.07, 6.45) is -3.44. The van der Waals surface area contributed by atoms with Gasteiger partial charge in [0.1, 0.15) is 17.9 Å². The predicted molar refractivity (Wildman–Crippen MR) is 116 cm³/mol. The van der Waals surface area contributed by atoms with E-state index in [1.807, 2.05) is 0 Å². The van der Waals surface area contributed by atoms with E-state index in [4.69, 9.17) is 27.9 Å². The normalized spacial score (nSPS) is 24.4. The number of benzene rings is 2. The molecule has 1 N–H and O–H groups in total. The molecular formula is C21H21Cl2F3N2O3S. The van der Waals surface area contributed by atoms with Crippen LogP contribution >= 0.6 is 23.2 Å². The fourth-order valence-electron chi connectivity index (χ4n) is 4.28. The molecule has 5 nitrogen and oxygen atoms in total. The number of hydrogen-bond acceptors (Lipinski definition) is 5. The smallest absolute Gasteiger partial charge is 0.405 e. The van der Waals surface area contributed by atoms with Gasteiger partial charge in [-0.25, -0.2) is 8.42 Å². The van der Waals surface area contributed by atoms with Gasteiger partial charge in [-0.1, -0.05) is 23.2 Å². The van der Waals surface area contributed by atoms with Crippen molar-refractivity contribution in [1.29, 1.82) is 0 Å². The number of hydrogen-bond donors (Lipinski definition) is 1. The van der Waals surface area contributed by atoms with Crippen LogP contribution in [0.1, 0.15) is 17.2 Å². The van der Waals surface area contributed by atoms with Crippen molar-refractivity contribution in [1.82, 2.24) is 10.2 Å². The number of halogens is 5. The Balaban J connectivity index is 1.66. The second kappa shape index (κ2) is 8.68. The number of nitrogens with one attached hydrogen (secondary N) is 1. The molecule has 1 aliphatic heterocycles. The number of ether oxygens (including phenoxy) is 1. The van der Waals surface area contributed by atoms with Crippen molar-refractivity contribution in [2.45, 2.75) is 35.7 Å². The van der Waals surface area contributed by atoms with Crippen LogP contribution in [-0.4, -0.2) is 57.5 Å². The van der Waals surface area contributed by atoms with Gasteiger partial charge in [-0.3, -0.25) is 4.90 Å². The number of nitrogens with zero attached hydrogens (tertiary/aromatic N) is 1. The van der Waals surface area contributed by atoms with Crippen LogP contribution in [-0.2, 0) is 16.3 Å². The summed E-state index contributed by atoms with van der Waals surface area (Å²) in [5.41, 5.74) is 1.52. The van der Waals surface area contributed by atoms with E-state index < -0.39 is 28.2 Å². The van der Waals surface area contributed by atoms with Crippen LogP contribution in [0, 0.1) is 0 Å². The van der Waals surface area contributed by atoms with Crippen LogP contribution < -0.4 is 10.1 Å². The lowest BCUT2D eigenvalue weighted by atomic mass is 10.1. The lowest BCUT2D eigenvalue weighted by molar-refractivity contribution is -0.167. The summed E-state index contributed by atoms with van der Waals surface area (Å²) in [6, 6.07) is 7.26. The third kappa shape index (κ3) is 4.87. The molecule has 1 heterocycles. The minimum Gasteiger partial charge on any atom is -0.484 e. The second-order valence-electron chi connectivity index (χ2n) is 8.05. The highest BCUT2D eigenvalue weighted by Gasteiger charge is 2.46. The number of sulfone groups is 1. The molecule has 2 aliphatic rings. The number of fused-ring (bicyclic) bond motifs is 1. The van der Waals surface area contributed by atoms with Crippen LogP contribution in [0.25, 0.3) is 0 Å². The first-order valence-electron chi connectivity index (χ1n) is 9.92. The minimum atomic E-state index is -4.36. The average molecular weight is 509 g/mol. The lowest BCUT2D eigenvalue weighted by Crippen LogP contribution is -2.60. The predicted octanol–water partition coefficient (Wildman–Crippen LogP) is 4.28. The standard InChI is InChI=1S/C21H21Cl2F3N2O3S/c1-32(29,30)14-4-2-13(3-5-14)31-20-16-8-12(22)9-17(23)15(16)10-18(20)28-7-6-27-19(11-28)21(24,25)26/h2-5,8-9,18-20,27H,6-7,10-11H2,1H3. The maximum absolute atomic E-state index is 13.4. The molecule has 0 saturated carbocycles. The average Bonchev–Trinajstić information content (AvgIpc) is 3.06. The fourth-order valence-corrected chi connectivity index (χ4v) is 5.50. The maximum atomic E-state index is 13.4. The molecule has 0 amide bonds. The van der Waals surface area contributed by atoms with Crippen LogP contribution in [0.15, 0.2) is 41.3 Å². The summed E-state index contributed by atoms with van der Waals surface area (Å²) in [5, 5.41) is 3.38. The molecule has 3 atom stereocenters. The van der Waals surface area contributed by atoms with E-state index in [1.54, 1.807) is 17.0 Å². The van der Waals surface area contributed by atoms with Gasteiger partial charge in [0.15, 0.2) is 9.84 Å². The van der Waals surface area contributed by atoms with Gasteiger partial charge in [0.05, 0.1) is 10.9 Å². The van der Waals surface area contributed by atoms with Crippen LogP contribution in [0.3, 0.4) is 0 Å². The van der Waals surface area contributed by atoms with Crippen molar-refractivity contribution in [3.63, 3.8) is 0 Å². The molecule has 0 spiro atoms. The van der Waals surface area contributed by atoms with E-state index in [-0.39, 0.29) is 24.0 Å². The van der Waals surface area contributed by atoms with Crippen LogP contribution in [0.4, 0.5) is 13.2 Å². The van der Waals surface area contributed by atoms with Crippen molar-refractivity contribution >= 4 is 33.0 Å². The lowest BCUT2D eigenvalue weighted by Gasteiger charge is -2.40. The third-order valence-corrected chi connectivity index (χ3v) is 7.53. The molecule has 0 radical (unpaired) electrons. The topological polar surface area (TPSA) is 58.6 Å². The number of alkyl halides is 3. The van der Waals surface area contributed by atoms with Gasteiger partial charge < -0.3 is 10.1 Å². The Kier molecular flexibility index (Phi) is 6.41. The number of rotatable bonds is 4. The molecule has 11 heteroatoms. The van der Waals surface area contributed by atoms with Crippen molar-refractivity contribution in [3.8, 4) is 5.75 Å². The third-order valence-electron chi connectivity index (χ3n) is 5.85. The fraction of sp³-hybridized carbons (Fsp3) is 0.429. The summed E-state index contributed by atoms with van der Waals surface area (Å²) in [5.74, 6) is 0.402. The molecule has 4 rings (SSSR count). The van der Waals surface area contributed by atoms with Crippen molar-refractivity contribution in [3.05, 3.63) is 57.6 Å². The maximum Gasteiger partial charge on any atom is 0.405 e. The van der Waals surface area contributed by atoms with Crippen molar-refractivity contribution in [2.75, 3.05) is 25.9 Å². The monoisotopic (exact) mass is 508 g/mol. The summed E-state index contributed by atoms with van der Waals surface area (Å²) in [7, 11) is -3.37. The van der Waals surface area contributed by atoms with E-state index in [1.165, 1.54) is 24.3 Å². The number of piperazine rings is 1. The van der Waals surface area contributed by atoms with Gasteiger partial charge in [-0.2, -0.15) is 13.2 Å². The van der Waals surface area contributed by atoms with E-state index >= 15 is 0 Å². The van der Waals surface area contributed by atoms with Gasteiger partial charge in [0.25, 0.3) is 0 Å². The Morgan fingerprint density at radius 1 is 1.16 bits per heavy atom. The van der Waals surface area contributed by atoms with E-state index in [9.17, 15) is 21.6 Å². The van der Waals surface area contributed by atoms with E-state index in [0.717, 1.165) is 17.4 Å². The molecule has 1 fully saturated rings. The molecule has 174 valence electrons. The zero-order chi connectivity index (χ0) is 23.3. The molecule has 3 unspecified atom stereocenters. The highest BCUT2D eigenvalue weighted by Crippen LogP contribution is 2.43. The molecule has 1 saturated heterocycles. The SMILES string of the molecule is CS(=O)(=O)c1ccc(OC2c3cc(Cl)cc(Cl)c3CC2N2CCNC(C(F)(F)F)C2)cc1. The second-order valence-corrected chi connectivity index (χ2v) is 10.9. The molecule has 2 aromatic carbocycles. The molecule has 0 bridgehead atoms. The highest BCUT2D eigenvalue weighted by atomic mass is 35.5. The molecule has 32 heavy (non-hydrogen) atoms. The van der Waals surface area contributed by atoms with Crippen molar-refractivity contribution < 1.29 is 26.3 Å². The zero-order valence-electron chi connectivity index (χ0n) is 17.0. The molecule has 0 aromatic heterocycles. The van der Waals surface area contributed by atoms with E-state index in [2.05, 4.69) is 5.32 Å². The first-order valence-corrected chi connectivity index (χ1v) is 12.6. The largest absolute Gasteiger partial charge is 0.484 e. The van der Waals surface area contributed by atoms with Gasteiger partial charge >= 0.3 is 6.18 Å². The Morgan fingerprint density at radius 2 is 1.84 bits per heavy atom. The summed E-state index contributed by atoms with van der Waals surface area (Å²) >= 11 is 12.6. The Labute approximate surface area is 194 Å². The zero-order valence-corrected chi connectivity index (χ0v) is 19.3. The van der Waals surface area contributed by atoms with Crippen LogP contribution in [0.5, 0.6) is 5.75 Å². The van der Waals surface area contributed by atoms with Gasteiger partial charge in [-0.05, 0) is 48.4 Å². The Bertz CT molecular complexity index is 1110. The first-order chi connectivity index (χ1) is 14.9. The molecular weight excluding hydrogens is 488 g/mol. The van der Waals surface area contributed by atoms with Gasteiger partial charge in [-0.15, -0.1) is 0 Å². The summed E-state index contributed by atoms with van der Waals surface area (Å²) in [6.45, 7) is 0.408. The summed E-state index contributed by atoms with van der Waals surface area (Å²) in [4.78, 5) is 1.92. The van der Waals surface area contributed by atoms with Crippen molar-refractivity contribution in [2.24, 2.45) is 0 Å². The molecule has 2 aromatic rings. The van der Waals surface area contributed by atoms with Gasteiger partial charge in [0.2, 0.25) is 0 Å². The summed E-state index contributed by atoms with van der Waals surface area (Å²) < 4.78 is 69.7.